The van der Waals surface area contributed by atoms with Gasteiger partial charge in [-0.3, -0.25) is 4.79 Å². The fourth-order valence-electron chi connectivity index (χ4n) is 1.75. The Labute approximate surface area is 126 Å². The third kappa shape index (κ3) is 4.46. The number of nitrogens with one attached hydrogen (secondary N) is 1. The summed E-state index contributed by atoms with van der Waals surface area (Å²) in [5.41, 5.74) is -0.116. The summed E-state index contributed by atoms with van der Waals surface area (Å²) in [6.07, 6.45) is 0.775. The maximum absolute atomic E-state index is 13.8. The number of amides is 1. The molecule has 0 aliphatic carbocycles. The van der Waals surface area contributed by atoms with E-state index in [1.165, 1.54) is 12.1 Å². The van der Waals surface area contributed by atoms with Gasteiger partial charge in [-0.1, -0.05) is 54.4 Å². The zero-order chi connectivity index (χ0) is 14.6. The highest BCUT2D eigenvalue weighted by Crippen LogP contribution is 2.24. The first-order valence-corrected chi connectivity index (χ1v) is 7.58. The van der Waals surface area contributed by atoms with E-state index in [1.807, 2.05) is 20.8 Å². The number of carbonyl (C=O) groups is 1. The summed E-state index contributed by atoms with van der Waals surface area (Å²) in [6.45, 7) is 6.11. The Morgan fingerprint density at radius 3 is 2.63 bits per heavy atom. The molecule has 0 saturated carbocycles. The van der Waals surface area contributed by atoms with Crippen molar-refractivity contribution in [3.05, 3.63) is 34.6 Å². The van der Waals surface area contributed by atoms with Crippen LogP contribution in [0.1, 0.15) is 37.6 Å². The lowest BCUT2D eigenvalue weighted by Gasteiger charge is -2.31. The average molecular weight is 351 g/mol. The van der Waals surface area contributed by atoms with E-state index in [1.54, 1.807) is 6.07 Å². The molecule has 106 valence electrons. The highest BCUT2D eigenvalue weighted by atomic mass is 79.9. The van der Waals surface area contributed by atoms with E-state index in [-0.39, 0.29) is 22.0 Å². The molecule has 0 spiro atoms. The highest BCUT2D eigenvalue weighted by molar-refractivity contribution is 9.09. The molecule has 0 aromatic heterocycles. The molecule has 19 heavy (non-hydrogen) atoms. The number of carbonyl (C=O) groups excluding carboxylic acids is 1. The lowest BCUT2D eigenvalue weighted by atomic mass is 9.85. The van der Waals surface area contributed by atoms with Crippen LogP contribution in [-0.4, -0.2) is 17.3 Å². The molecule has 1 atom stereocenters. The first kappa shape index (κ1) is 16.4. The van der Waals surface area contributed by atoms with Gasteiger partial charge in [-0.2, -0.15) is 0 Å². The summed E-state index contributed by atoms with van der Waals surface area (Å²) in [4.78, 5) is 12.1. The van der Waals surface area contributed by atoms with E-state index in [2.05, 4.69) is 21.2 Å². The maximum Gasteiger partial charge on any atom is 0.254 e. The number of halogens is 3. The molecule has 0 fully saturated rings. The van der Waals surface area contributed by atoms with Gasteiger partial charge in [-0.15, -0.1) is 0 Å². The molecule has 0 radical (unpaired) electrons. The molecule has 0 bridgehead atoms. The van der Waals surface area contributed by atoms with E-state index in [0.717, 1.165) is 11.8 Å². The van der Waals surface area contributed by atoms with E-state index in [9.17, 15) is 9.18 Å². The van der Waals surface area contributed by atoms with Crippen LogP contribution in [0.4, 0.5) is 4.39 Å². The predicted octanol–water partition coefficient (Wildman–Crippen LogP) is 4.41. The normalized spacial score (nSPS) is 13.2. The van der Waals surface area contributed by atoms with Gasteiger partial charge in [0, 0.05) is 11.4 Å². The minimum atomic E-state index is -0.673. The van der Waals surface area contributed by atoms with Crippen LogP contribution in [0.25, 0.3) is 0 Å². The molecule has 1 rings (SSSR count). The Morgan fingerprint density at radius 2 is 2.11 bits per heavy atom. The summed E-state index contributed by atoms with van der Waals surface area (Å²) in [5, 5.41) is 3.60. The molecule has 1 amide bonds. The van der Waals surface area contributed by atoms with Crippen molar-refractivity contribution in [1.82, 2.24) is 5.32 Å². The van der Waals surface area contributed by atoms with Crippen LogP contribution in [0.3, 0.4) is 0 Å². The van der Waals surface area contributed by atoms with Crippen molar-refractivity contribution in [2.24, 2.45) is 5.41 Å². The van der Waals surface area contributed by atoms with Crippen LogP contribution >= 0.6 is 27.5 Å². The SMILES string of the molecule is CC(C)(C)C(CCBr)NC(=O)c1cccc(Cl)c1F. The smallest absolute Gasteiger partial charge is 0.254 e. The van der Waals surface area contributed by atoms with Crippen molar-refractivity contribution in [2.75, 3.05) is 5.33 Å². The fraction of sp³-hybridized carbons (Fsp3) is 0.500. The molecular formula is C14H18BrClFNO. The molecular weight excluding hydrogens is 333 g/mol. The first-order valence-electron chi connectivity index (χ1n) is 6.08. The van der Waals surface area contributed by atoms with Gasteiger partial charge in [0.25, 0.3) is 5.91 Å². The van der Waals surface area contributed by atoms with E-state index >= 15 is 0 Å². The Morgan fingerprint density at radius 1 is 1.47 bits per heavy atom. The Balaban J connectivity index is 2.91. The molecule has 0 aliphatic heterocycles. The number of rotatable bonds is 4. The lowest BCUT2D eigenvalue weighted by Crippen LogP contribution is -2.44. The van der Waals surface area contributed by atoms with Gasteiger partial charge < -0.3 is 5.32 Å². The summed E-state index contributed by atoms with van der Waals surface area (Å²) in [7, 11) is 0. The van der Waals surface area contributed by atoms with Gasteiger partial charge in [0.2, 0.25) is 0 Å². The molecule has 0 saturated heterocycles. The lowest BCUT2D eigenvalue weighted by molar-refractivity contribution is 0.0896. The van der Waals surface area contributed by atoms with Gasteiger partial charge in [0.15, 0.2) is 5.82 Å². The predicted molar refractivity (Wildman–Crippen MR) is 80.5 cm³/mol. The van der Waals surface area contributed by atoms with Crippen molar-refractivity contribution in [3.8, 4) is 0 Å². The molecule has 1 aromatic rings. The quantitative estimate of drug-likeness (QED) is 0.801. The standard InChI is InChI=1S/C14H18BrClFNO/c1-14(2,3)11(7-8-15)18-13(19)9-5-4-6-10(16)12(9)17/h4-6,11H,7-8H2,1-3H3,(H,18,19). The number of benzene rings is 1. The molecule has 1 unspecified atom stereocenters. The van der Waals surface area contributed by atoms with E-state index in [4.69, 9.17) is 11.6 Å². The van der Waals surface area contributed by atoms with Gasteiger partial charge in [-0.05, 0) is 24.0 Å². The summed E-state index contributed by atoms with van der Waals surface area (Å²) in [5.74, 6) is -1.10. The van der Waals surface area contributed by atoms with E-state index in [0.29, 0.717) is 0 Å². The molecule has 1 N–H and O–H groups in total. The van der Waals surface area contributed by atoms with Crippen LogP contribution in [0.2, 0.25) is 5.02 Å². The molecule has 1 aromatic carbocycles. The maximum atomic E-state index is 13.8. The van der Waals surface area contributed by atoms with Gasteiger partial charge in [-0.25, -0.2) is 4.39 Å². The van der Waals surface area contributed by atoms with Crippen molar-refractivity contribution in [2.45, 2.75) is 33.2 Å². The van der Waals surface area contributed by atoms with E-state index < -0.39 is 11.7 Å². The van der Waals surface area contributed by atoms with Gasteiger partial charge >= 0.3 is 0 Å². The zero-order valence-corrected chi connectivity index (χ0v) is 13.6. The second-order valence-electron chi connectivity index (χ2n) is 5.47. The van der Waals surface area contributed by atoms with Crippen molar-refractivity contribution in [3.63, 3.8) is 0 Å². The first-order chi connectivity index (χ1) is 8.77. The van der Waals surface area contributed by atoms with Crippen LogP contribution in [0, 0.1) is 11.2 Å². The van der Waals surface area contributed by atoms with Crippen LogP contribution < -0.4 is 5.32 Å². The zero-order valence-electron chi connectivity index (χ0n) is 11.3. The second kappa shape index (κ2) is 6.71. The monoisotopic (exact) mass is 349 g/mol. The highest BCUT2D eigenvalue weighted by Gasteiger charge is 2.27. The molecule has 5 heteroatoms. The Hall–Kier alpha value is -0.610. The topological polar surface area (TPSA) is 29.1 Å². The summed E-state index contributed by atoms with van der Waals surface area (Å²) < 4.78 is 13.8. The van der Waals surface area contributed by atoms with Crippen molar-refractivity contribution < 1.29 is 9.18 Å². The van der Waals surface area contributed by atoms with Gasteiger partial charge in [0.1, 0.15) is 0 Å². The largest absolute Gasteiger partial charge is 0.349 e. The average Bonchev–Trinajstić information content (AvgIpc) is 2.30. The Bertz CT molecular complexity index is 459. The minimum absolute atomic E-state index is 0.0173. The van der Waals surface area contributed by atoms with Crippen molar-refractivity contribution >= 4 is 33.4 Å². The Kier molecular flexibility index (Phi) is 5.81. The number of hydrogen-bond donors (Lipinski definition) is 1. The number of alkyl halides is 1. The van der Waals surface area contributed by atoms with Crippen LogP contribution in [0.5, 0.6) is 0 Å². The van der Waals surface area contributed by atoms with Crippen LogP contribution in [0.15, 0.2) is 18.2 Å². The second-order valence-corrected chi connectivity index (χ2v) is 6.67. The molecule has 0 aliphatic rings. The molecule has 2 nitrogen and oxygen atoms in total. The third-order valence-electron chi connectivity index (χ3n) is 2.94. The number of hydrogen-bond acceptors (Lipinski definition) is 1. The fourth-order valence-corrected chi connectivity index (χ4v) is 2.38. The third-order valence-corrected chi connectivity index (χ3v) is 3.69. The minimum Gasteiger partial charge on any atom is -0.349 e. The van der Waals surface area contributed by atoms with Gasteiger partial charge in [0.05, 0.1) is 10.6 Å². The summed E-state index contributed by atoms with van der Waals surface area (Å²) >= 11 is 9.05. The summed E-state index contributed by atoms with van der Waals surface area (Å²) in [6, 6.07) is 4.38. The molecule has 0 heterocycles. The van der Waals surface area contributed by atoms with Crippen LogP contribution in [-0.2, 0) is 0 Å². The van der Waals surface area contributed by atoms with Crippen molar-refractivity contribution in [1.29, 1.82) is 0 Å².